The van der Waals surface area contributed by atoms with E-state index in [4.69, 9.17) is 4.74 Å². The summed E-state index contributed by atoms with van der Waals surface area (Å²) in [6.45, 7) is 5.42. The molecule has 0 saturated heterocycles. The molecule has 0 amide bonds. The van der Waals surface area contributed by atoms with E-state index in [-0.39, 0.29) is 22.5 Å². The van der Waals surface area contributed by atoms with Crippen LogP contribution in [0.2, 0.25) is 0 Å². The molecule has 0 aliphatic carbocycles. The van der Waals surface area contributed by atoms with Crippen LogP contribution < -0.4 is 4.74 Å². The summed E-state index contributed by atoms with van der Waals surface area (Å²) < 4.78 is 20.3. The topological polar surface area (TPSA) is 9.23 Å². The molecule has 3 heteroatoms. The van der Waals surface area contributed by atoms with Gasteiger partial charge in [-0.05, 0) is 57.2 Å². The molecular formula is C24H22FOS+. The zero-order chi connectivity index (χ0) is 19.3. The summed E-state index contributed by atoms with van der Waals surface area (Å²) in [4.78, 5) is 3.35. The summed E-state index contributed by atoms with van der Waals surface area (Å²) in [5.41, 5.74) is -0.758. The van der Waals surface area contributed by atoms with E-state index in [0.29, 0.717) is 0 Å². The quantitative estimate of drug-likeness (QED) is 0.385. The average molecular weight is 378 g/mol. The Morgan fingerprint density at radius 3 is 1.89 bits per heavy atom. The van der Waals surface area contributed by atoms with Gasteiger partial charge in [0.25, 0.3) is 0 Å². The van der Waals surface area contributed by atoms with E-state index in [1.165, 1.54) is 15.9 Å². The van der Waals surface area contributed by atoms with E-state index in [1.54, 1.807) is 13.0 Å². The molecule has 0 saturated carbocycles. The average Bonchev–Trinajstić information content (AvgIpc) is 2.66. The summed E-state index contributed by atoms with van der Waals surface area (Å²) >= 11 is 0. The van der Waals surface area contributed by atoms with E-state index in [0.717, 1.165) is 4.90 Å². The van der Waals surface area contributed by atoms with Crippen LogP contribution in [0.3, 0.4) is 0 Å². The number of hydrogen-bond acceptors (Lipinski definition) is 1. The van der Waals surface area contributed by atoms with Gasteiger partial charge in [-0.15, -0.1) is 5.92 Å². The first kappa shape index (κ1) is 19.1. The second-order valence-corrected chi connectivity index (χ2v) is 8.54. The van der Waals surface area contributed by atoms with Crippen molar-refractivity contribution in [1.82, 2.24) is 0 Å². The highest BCUT2D eigenvalue weighted by atomic mass is 32.2. The SMILES string of the molecule is CC#CC(C)(C)Oc1cc([S+](c2ccccc2)c2ccccc2)ccc1F. The van der Waals surface area contributed by atoms with Gasteiger partial charge in [0, 0.05) is 6.07 Å². The number of rotatable bonds is 5. The van der Waals surface area contributed by atoms with Crippen LogP contribution in [0.5, 0.6) is 5.75 Å². The van der Waals surface area contributed by atoms with Gasteiger partial charge in [-0.1, -0.05) is 42.3 Å². The van der Waals surface area contributed by atoms with Crippen molar-refractivity contribution in [3.05, 3.63) is 84.7 Å². The minimum atomic E-state index is -0.758. The van der Waals surface area contributed by atoms with Crippen LogP contribution in [0.25, 0.3) is 0 Å². The first-order valence-corrected chi connectivity index (χ1v) is 9.99. The van der Waals surface area contributed by atoms with Crippen molar-refractivity contribution in [2.24, 2.45) is 0 Å². The molecule has 0 aromatic heterocycles. The lowest BCUT2D eigenvalue weighted by atomic mass is 10.1. The van der Waals surface area contributed by atoms with Crippen LogP contribution in [0.15, 0.2) is 93.5 Å². The zero-order valence-electron chi connectivity index (χ0n) is 15.7. The van der Waals surface area contributed by atoms with E-state index < -0.39 is 5.60 Å². The van der Waals surface area contributed by atoms with Crippen LogP contribution in [-0.2, 0) is 10.9 Å². The fraction of sp³-hybridized carbons (Fsp3) is 0.167. The standard InChI is InChI=1S/C24H22FOS/c1-4-17-24(2,3)26-23-18-21(15-16-22(23)25)27(19-11-7-5-8-12-19)20-13-9-6-10-14-20/h5-16,18H,1-3H3/q+1. The highest BCUT2D eigenvalue weighted by molar-refractivity contribution is 7.97. The Kier molecular flexibility index (Phi) is 5.88. The smallest absolute Gasteiger partial charge is 0.170 e. The molecule has 0 fully saturated rings. The summed E-state index contributed by atoms with van der Waals surface area (Å²) in [5.74, 6) is 5.66. The lowest BCUT2D eigenvalue weighted by Gasteiger charge is -2.21. The van der Waals surface area contributed by atoms with Crippen LogP contribution in [0.4, 0.5) is 4.39 Å². The van der Waals surface area contributed by atoms with Gasteiger partial charge in [-0.3, -0.25) is 0 Å². The van der Waals surface area contributed by atoms with Gasteiger partial charge in [0.1, 0.15) is 0 Å². The molecule has 3 rings (SSSR count). The van der Waals surface area contributed by atoms with Crippen molar-refractivity contribution in [3.63, 3.8) is 0 Å². The summed E-state index contributed by atoms with van der Waals surface area (Å²) in [5, 5.41) is 0. The first-order chi connectivity index (χ1) is 13.0. The lowest BCUT2D eigenvalue weighted by molar-refractivity contribution is 0.164. The molecule has 0 atom stereocenters. The molecule has 0 bridgehead atoms. The van der Waals surface area contributed by atoms with Crippen LogP contribution >= 0.6 is 0 Å². The predicted molar refractivity (Wildman–Crippen MR) is 110 cm³/mol. The van der Waals surface area contributed by atoms with Gasteiger partial charge in [0.15, 0.2) is 31.9 Å². The van der Waals surface area contributed by atoms with E-state index in [2.05, 4.69) is 36.1 Å². The van der Waals surface area contributed by atoms with Crippen molar-refractivity contribution in [3.8, 4) is 17.6 Å². The molecule has 0 unspecified atom stereocenters. The van der Waals surface area contributed by atoms with E-state index in [9.17, 15) is 4.39 Å². The molecule has 0 aliphatic rings. The highest BCUT2D eigenvalue weighted by Gasteiger charge is 2.30. The van der Waals surface area contributed by atoms with Crippen LogP contribution in [0, 0.1) is 17.7 Å². The normalized spacial score (nSPS) is 11.0. The first-order valence-electron chi connectivity index (χ1n) is 8.77. The number of hydrogen-bond donors (Lipinski definition) is 0. The molecule has 0 N–H and O–H groups in total. The number of ether oxygens (including phenoxy) is 1. The van der Waals surface area contributed by atoms with Gasteiger partial charge >= 0.3 is 0 Å². The van der Waals surface area contributed by atoms with Crippen molar-refractivity contribution >= 4 is 10.9 Å². The monoisotopic (exact) mass is 377 g/mol. The fourth-order valence-electron chi connectivity index (χ4n) is 2.81. The second kappa shape index (κ2) is 8.33. The largest absolute Gasteiger partial charge is 0.472 e. The van der Waals surface area contributed by atoms with Crippen molar-refractivity contribution in [1.29, 1.82) is 0 Å². The van der Waals surface area contributed by atoms with Gasteiger partial charge < -0.3 is 4.74 Å². The molecule has 3 aromatic rings. The zero-order valence-corrected chi connectivity index (χ0v) is 16.5. The van der Waals surface area contributed by atoms with Gasteiger partial charge in [0.2, 0.25) is 0 Å². The molecule has 0 radical (unpaired) electrons. The predicted octanol–water partition coefficient (Wildman–Crippen LogP) is 6.10. The van der Waals surface area contributed by atoms with Crippen LogP contribution in [0.1, 0.15) is 20.8 Å². The lowest BCUT2D eigenvalue weighted by Crippen LogP contribution is -2.26. The Labute approximate surface area is 163 Å². The van der Waals surface area contributed by atoms with Crippen molar-refractivity contribution < 1.29 is 9.13 Å². The Morgan fingerprint density at radius 2 is 1.37 bits per heavy atom. The minimum absolute atomic E-state index is 0.226. The minimum Gasteiger partial charge on any atom is -0.472 e. The highest BCUT2D eigenvalue weighted by Crippen LogP contribution is 2.34. The molecule has 0 spiro atoms. The number of halogens is 1. The van der Waals surface area contributed by atoms with Crippen LogP contribution in [-0.4, -0.2) is 5.60 Å². The summed E-state index contributed by atoms with van der Waals surface area (Å²) in [7, 11) is -0.348. The third-order valence-corrected chi connectivity index (χ3v) is 6.10. The molecule has 3 aromatic carbocycles. The third-order valence-electron chi connectivity index (χ3n) is 3.89. The Morgan fingerprint density at radius 1 is 0.815 bits per heavy atom. The Bertz CT molecular complexity index is 916. The summed E-state index contributed by atoms with van der Waals surface area (Å²) in [6, 6.07) is 25.6. The molecule has 0 aliphatic heterocycles. The summed E-state index contributed by atoms with van der Waals surface area (Å²) in [6.07, 6.45) is 0. The maximum absolute atomic E-state index is 14.4. The molecule has 0 heterocycles. The number of benzene rings is 3. The van der Waals surface area contributed by atoms with Gasteiger partial charge in [-0.2, -0.15) is 0 Å². The molecule has 27 heavy (non-hydrogen) atoms. The molecular weight excluding hydrogens is 355 g/mol. The van der Waals surface area contributed by atoms with Gasteiger partial charge in [0.05, 0.1) is 10.9 Å². The molecule has 136 valence electrons. The van der Waals surface area contributed by atoms with Crippen molar-refractivity contribution in [2.75, 3.05) is 0 Å². The maximum Gasteiger partial charge on any atom is 0.170 e. The van der Waals surface area contributed by atoms with E-state index in [1.807, 2.05) is 56.3 Å². The van der Waals surface area contributed by atoms with Crippen molar-refractivity contribution in [2.45, 2.75) is 41.1 Å². The van der Waals surface area contributed by atoms with Gasteiger partial charge in [-0.25, -0.2) is 4.39 Å². The third kappa shape index (κ3) is 4.72. The van der Waals surface area contributed by atoms with E-state index >= 15 is 0 Å². The maximum atomic E-state index is 14.4. The Hall–Kier alpha value is -2.70. The second-order valence-electron chi connectivity index (χ2n) is 6.51. The fourth-order valence-corrected chi connectivity index (χ4v) is 4.92. The Balaban J connectivity index is 2.08. The molecule has 1 nitrogen and oxygen atoms in total.